The summed E-state index contributed by atoms with van der Waals surface area (Å²) in [5.74, 6) is 0. The van der Waals surface area contributed by atoms with Crippen molar-refractivity contribution in [1.29, 1.82) is 0 Å². The lowest BCUT2D eigenvalue weighted by Crippen LogP contribution is -2.10. The van der Waals surface area contributed by atoms with Gasteiger partial charge in [0.05, 0.1) is 6.10 Å². The van der Waals surface area contributed by atoms with Gasteiger partial charge in [-0.05, 0) is 54.7 Å². The summed E-state index contributed by atoms with van der Waals surface area (Å²) in [6.45, 7) is 2.16. The molecule has 1 N–H and O–H groups in total. The number of hydrogen-bond acceptors (Lipinski definition) is 2. The van der Waals surface area contributed by atoms with E-state index in [0.717, 1.165) is 32.1 Å². The van der Waals surface area contributed by atoms with Crippen molar-refractivity contribution in [2.24, 2.45) is 0 Å². The molecule has 0 amide bonds. The molecule has 1 aromatic carbocycles. The Kier molecular flexibility index (Phi) is 5.62. The fourth-order valence-electron chi connectivity index (χ4n) is 2.25. The quantitative estimate of drug-likeness (QED) is 0.801. The Bertz CT molecular complexity index is 459. The minimum Gasteiger partial charge on any atom is -0.393 e. The Labute approximate surface area is 119 Å². The van der Waals surface area contributed by atoms with Crippen LogP contribution in [0.4, 0.5) is 0 Å². The summed E-state index contributed by atoms with van der Waals surface area (Å²) in [6.07, 6.45) is 4.66. The number of thiophene rings is 1. The third-order valence-corrected chi connectivity index (χ3v) is 4.38. The molecule has 0 spiro atoms. The van der Waals surface area contributed by atoms with Crippen LogP contribution in [-0.2, 0) is 19.3 Å². The average molecular weight is 274 g/mol. The smallest absolute Gasteiger partial charge is 0.0580 e. The highest BCUT2D eigenvalue weighted by atomic mass is 32.1. The second kappa shape index (κ2) is 7.46. The monoisotopic (exact) mass is 274 g/mol. The molecular weight excluding hydrogens is 252 g/mol. The molecule has 19 heavy (non-hydrogen) atoms. The summed E-state index contributed by atoms with van der Waals surface area (Å²) in [4.78, 5) is 1.42. The van der Waals surface area contributed by atoms with Gasteiger partial charge in [0.15, 0.2) is 0 Å². The molecule has 0 radical (unpaired) electrons. The van der Waals surface area contributed by atoms with E-state index in [0.29, 0.717) is 0 Å². The van der Waals surface area contributed by atoms with Crippen molar-refractivity contribution in [3.63, 3.8) is 0 Å². The predicted octanol–water partition coefficient (Wildman–Crippen LogP) is 4.24. The highest BCUT2D eigenvalue weighted by Crippen LogP contribution is 2.15. The molecule has 2 heteroatoms. The molecule has 0 bridgehead atoms. The Morgan fingerprint density at radius 3 is 2.47 bits per heavy atom. The minimum atomic E-state index is -0.215. The highest BCUT2D eigenvalue weighted by molar-refractivity contribution is 7.09. The molecule has 102 valence electrons. The summed E-state index contributed by atoms with van der Waals surface area (Å²) >= 11 is 1.80. The Morgan fingerprint density at radius 2 is 1.84 bits per heavy atom. The van der Waals surface area contributed by atoms with E-state index in [1.807, 2.05) is 0 Å². The maximum Gasteiger partial charge on any atom is 0.0580 e. The van der Waals surface area contributed by atoms with Crippen LogP contribution < -0.4 is 0 Å². The molecule has 0 aliphatic rings. The van der Waals surface area contributed by atoms with Gasteiger partial charge in [-0.15, -0.1) is 11.3 Å². The number of hydrogen-bond donors (Lipinski definition) is 1. The lowest BCUT2D eigenvalue weighted by atomic mass is 10.0. The zero-order chi connectivity index (χ0) is 13.5. The van der Waals surface area contributed by atoms with Crippen LogP contribution >= 0.6 is 11.3 Å². The first kappa shape index (κ1) is 14.3. The van der Waals surface area contributed by atoms with Crippen molar-refractivity contribution < 1.29 is 5.11 Å². The van der Waals surface area contributed by atoms with E-state index < -0.39 is 0 Å². The van der Waals surface area contributed by atoms with E-state index in [4.69, 9.17) is 0 Å². The Hall–Kier alpha value is -1.12. The average Bonchev–Trinajstić information content (AvgIpc) is 2.93. The second-order valence-corrected chi connectivity index (χ2v) is 6.03. The Balaban J connectivity index is 1.72. The molecule has 0 aliphatic heterocycles. The molecule has 1 nitrogen and oxygen atoms in total. The van der Waals surface area contributed by atoms with E-state index in [2.05, 4.69) is 48.7 Å². The second-order valence-electron chi connectivity index (χ2n) is 5.00. The van der Waals surface area contributed by atoms with Crippen LogP contribution in [-0.4, -0.2) is 11.2 Å². The van der Waals surface area contributed by atoms with E-state index in [1.54, 1.807) is 11.3 Å². The van der Waals surface area contributed by atoms with Crippen molar-refractivity contribution in [3.8, 4) is 0 Å². The van der Waals surface area contributed by atoms with Crippen LogP contribution in [0.5, 0.6) is 0 Å². The van der Waals surface area contributed by atoms with Gasteiger partial charge in [-0.3, -0.25) is 0 Å². The number of aliphatic hydroxyl groups excluding tert-OH is 1. The molecule has 1 heterocycles. The fraction of sp³-hybridized carbons (Fsp3) is 0.412. The van der Waals surface area contributed by atoms with Crippen molar-refractivity contribution in [2.75, 3.05) is 0 Å². The number of aliphatic hydroxyl groups is 1. The summed E-state index contributed by atoms with van der Waals surface area (Å²) in [7, 11) is 0. The molecule has 0 saturated carbocycles. The molecule has 0 aliphatic carbocycles. The Morgan fingerprint density at radius 1 is 1.11 bits per heavy atom. The van der Waals surface area contributed by atoms with Crippen molar-refractivity contribution in [2.45, 2.75) is 45.1 Å². The summed E-state index contributed by atoms with van der Waals surface area (Å²) in [5.41, 5.74) is 2.59. The summed E-state index contributed by atoms with van der Waals surface area (Å²) in [6, 6.07) is 12.9. The van der Waals surface area contributed by atoms with Crippen molar-refractivity contribution in [3.05, 3.63) is 57.8 Å². The van der Waals surface area contributed by atoms with Crippen LogP contribution in [0.15, 0.2) is 41.8 Å². The number of aryl methyl sites for hydroxylation is 2. The van der Waals surface area contributed by atoms with Crippen LogP contribution in [0.3, 0.4) is 0 Å². The fourth-order valence-corrected chi connectivity index (χ4v) is 3.00. The van der Waals surface area contributed by atoms with E-state index in [9.17, 15) is 5.11 Å². The normalized spacial score (nSPS) is 12.5. The van der Waals surface area contributed by atoms with Crippen LogP contribution in [0.1, 0.15) is 35.8 Å². The first-order valence-electron chi connectivity index (χ1n) is 7.06. The van der Waals surface area contributed by atoms with E-state index in [1.165, 1.54) is 16.0 Å². The zero-order valence-electron chi connectivity index (χ0n) is 11.5. The summed E-state index contributed by atoms with van der Waals surface area (Å²) < 4.78 is 0. The maximum absolute atomic E-state index is 10.1. The first-order valence-corrected chi connectivity index (χ1v) is 7.94. The number of rotatable bonds is 7. The van der Waals surface area contributed by atoms with E-state index in [-0.39, 0.29) is 6.10 Å². The van der Waals surface area contributed by atoms with Gasteiger partial charge in [0, 0.05) is 4.88 Å². The molecule has 1 aromatic heterocycles. The molecular formula is C17H22OS. The van der Waals surface area contributed by atoms with Crippen LogP contribution in [0, 0.1) is 0 Å². The maximum atomic E-state index is 10.1. The third kappa shape index (κ3) is 4.81. The van der Waals surface area contributed by atoms with Crippen LogP contribution in [0.2, 0.25) is 0 Å². The predicted molar refractivity (Wildman–Crippen MR) is 82.8 cm³/mol. The van der Waals surface area contributed by atoms with Gasteiger partial charge >= 0.3 is 0 Å². The topological polar surface area (TPSA) is 20.2 Å². The molecule has 1 atom stereocenters. The molecule has 2 aromatic rings. The molecule has 1 unspecified atom stereocenters. The lowest BCUT2D eigenvalue weighted by Gasteiger charge is -2.10. The van der Waals surface area contributed by atoms with Gasteiger partial charge < -0.3 is 5.11 Å². The molecule has 2 rings (SSSR count). The van der Waals surface area contributed by atoms with Crippen molar-refractivity contribution >= 4 is 11.3 Å². The minimum absolute atomic E-state index is 0.215. The zero-order valence-corrected chi connectivity index (χ0v) is 12.3. The van der Waals surface area contributed by atoms with Gasteiger partial charge in [0.1, 0.15) is 0 Å². The third-order valence-electron chi connectivity index (χ3n) is 3.44. The number of benzene rings is 1. The van der Waals surface area contributed by atoms with Gasteiger partial charge in [-0.25, -0.2) is 0 Å². The summed E-state index contributed by atoms with van der Waals surface area (Å²) in [5, 5.41) is 12.2. The SMILES string of the molecule is CCc1ccc(CC(O)CCCc2cccs2)cc1. The first-order chi connectivity index (χ1) is 9.28. The van der Waals surface area contributed by atoms with Gasteiger partial charge in [0.2, 0.25) is 0 Å². The largest absolute Gasteiger partial charge is 0.393 e. The molecule has 0 fully saturated rings. The van der Waals surface area contributed by atoms with Gasteiger partial charge in [0.25, 0.3) is 0 Å². The van der Waals surface area contributed by atoms with Crippen molar-refractivity contribution in [1.82, 2.24) is 0 Å². The van der Waals surface area contributed by atoms with E-state index >= 15 is 0 Å². The standard InChI is InChI=1S/C17H22OS/c1-2-14-8-10-15(11-9-14)13-16(18)5-3-6-17-7-4-12-19-17/h4,7-12,16,18H,2-3,5-6,13H2,1H3. The van der Waals surface area contributed by atoms with Gasteiger partial charge in [-0.2, -0.15) is 0 Å². The highest BCUT2D eigenvalue weighted by Gasteiger charge is 2.06. The molecule has 0 saturated heterocycles. The lowest BCUT2D eigenvalue weighted by molar-refractivity contribution is 0.162. The van der Waals surface area contributed by atoms with Gasteiger partial charge in [-0.1, -0.05) is 37.3 Å². The van der Waals surface area contributed by atoms with Crippen LogP contribution in [0.25, 0.3) is 0 Å².